The second kappa shape index (κ2) is 3.77. The molecule has 0 atom stereocenters. The van der Waals surface area contributed by atoms with Gasteiger partial charge in [0.25, 0.3) is 0 Å². The molecule has 0 saturated carbocycles. The zero-order valence-electron chi connectivity index (χ0n) is 12.6. The third-order valence-electron chi connectivity index (χ3n) is 5.08. The van der Waals surface area contributed by atoms with Crippen molar-refractivity contribution in [1.29, 1.82) is 0 Å². The minimum Gasteiger partial charge on any atom is -0.355 e. The van der Waals surface area contributed by atoms with Gasteiger partial charge in [-0.15, -0.1) is 0 Å². The van der Waals surface area contributed by atoms with Crippen LogP contribution < -0.4 is 0 Å². The van der Waals surface area contributed by atoms with E-state index in [0.717, 1.165) is 0 Å². The van der Waals surface area contributed by atoms with Gasteiger partial charge < -0.3 is 4.98 Å². The summed E-state index contributed by atoms with van der Waals surface area (Å²) in [5.41, 5.74) is 7.81. The molecule has 106 valence electrons. The Morgan fingerprint density at radius 3 is 2.68 bits per heavy atom. The van der Waals surface area contributed by atoms with Crippen LogP contribution in [0.25, 0.3) is 32.9 Å². The van der Waals surface area contributed by atoms with Crippen molar-refractivity contribution < 1.29 is 0 Å². The van der Waals surface area contributed by atoms with E-state index in [1.54, 1.807) is 0 Å². The van der Waals surface area contributed by atoms with Gasteiger partial charge in [-0.05, 0) is 40.5 Å². The molecule has 0 unspecified atom stereocenters. The van der Waals surface area contributed by atoms with E-state index in [4.69, 9.17) is 0 Å². The van der Waals surface area contributed by atoms with Gasteiger partial charge in [0.2, 0.25) is 0 Å². The smallest absolute Gasteiger partial charge is 0.0468 e. The summed E-state index contributed by atoms with van der Waals surface area (Å²) in [6.07, 6.45) is 3.92. The normalized spacial score (nSPS) is 15.2. The predicted octanol–water partition coefficient (Wildman–Crippen LogP) is 5.02. The van der Waals surface area contributed by atoms with Gasteiger partial charge in [0.1, 0.15) is 0 Å². The van der Waals surface area contributed by atoms with Crippen LogP contribution in [0.5, 0.6) is 0 Å². The van der Waals surface area contributed by atoms with Crippen molar-refractivity contribution in [3.63, 3.8) is 0 Å². The van der Waals surface area contributed by atoms with E-state index in [0.29, 0.717) is 0 Å². The van der Waals surface area contributed by atoms with Gasteiger partial charge in [0.15, 0.2) is 0 Å². The highest BCUT2D eigenvalue weighted by Gasteiger charge is 2.37. The molecule has 0 bridgehead atoms. The van der Waals surface area contributed by atoms with Crippen molar-refractivity contribution in [2.75, 3.05) is 0 Å². The molecule has 1 aliphatic rings. The van der Waals surface area contributed by atoms with E-state index in [-0.39, 0.29) is 5.41 Å². The largest absolute Gasteiger partial charge is 0.355 e. The molecule has 22 heavy (non-hydrogen) atoms. The van der Waals surface area contributed by atoms with Gasteiger partial charge in [-0.25, -0.2) is 0 Å². The van der Waals surface area contributed by atoms with Gasteiger partial charge in [0.05, 0.1) is 0 Å². The monoisotopic (exact) mass is 284 g/mol. The first-order chi connectivity index (χ1) is 10.7. The van der Waals surface area contributed by atoms with Crippen LogP contribution in [-0.2, 0) is 5.41 Å². The van der Waals surface area contributed by atoms with Gasteiger partial charge in [0, 0.05) is 39.6 Å². The summed E-state index contributed by atoms with van der Waals surface area (Å²) < 4.78 is 0. The molecule has 4 aromatic rings. The van der Waals surface area contributed by atoms with Crippen LogP contribution in [0.4, 0.5) is 0 Å². The maximum Gasteiger partial charge on any atom is 0.0468 e. The molecule has 0 aliphatic heterocycles. The molecule has 0 spiro atoms. The lowest BCUT2D eigenvalue weighted by atomic mass is 9.81. The van der Waals surface area contributed by atoms with Gasteiger partial charge in [-0.3, -0.25) is 4.98 Å². The van der Waals surface area contributed by atoms with Crippen molar-refractivity contribution in [2.24, 2.45) is 0 Å². The molecule has 0 saturated heterocycles. The zero-order chi connectivity index (χ0) is 14.9. The molecule has 2 nitrogen and oxygen atoms in total. The van der Waals surface area contributed by atoms with Gasteiger partial charge in [-0.2, -0.15) is 0 Å². The number of nitrogens with one attached hydrogen (secondary N) is 1. The molecule has 1 N–H and O–H groups in total. The highest BCUT2D eigenvalue weighted by molar-refractivity contribution is 6.12. The number of rotatable bonds is 0. The van der Waals surface area contributed by atoms with Crippen LogP contribution in [0.3, 0.4) is 0 Å². The number of fused-ring (bicyclic) bond motifs is 7. The van der Waals surface area contributed by atoms with Crippen molar-refractivity contribution in [2.45, 2.75) is 19.3 Å². The molecule has 0 amide bonds. The second-order valence-corrected chi connectivity index (χ2v) is 6.63. The van der Waals surface area contributed by atoms with E-state index < -0.39 is 0 Å². The Labute approximate surface area is 128 Å². The standard InChI is InChI=1S/C20H16N2/c1-20(2)15-11-21-10-9-12(15)13-7-8-17-18(19(13)20)14-5-3-4-6-16(14)22-17/h3-11,22H,1-2H3. The number of nitrogens with zero attached hydrogens (tertiary/aromatic N) is 1. The average Bonchev–Trinajstić information content (AvgIpc) is 3.02. The first-order valence-electron chi connectivity index (χ1n) is 7.67. The van der Waals surface area contributed by atoms with Gasteiger partial charge >= 0.3 is 0 Å². The van der Waals surface area contributed by atoms with E-state index in [1.165, 1.54) is 44.1 Å². The lowest BCUT2D eigenvalue weighted by Gasteiger charge is -2.22. The zero-order valence-corrected chi connectivity index (χ0v) is 12.6. The number of hydrogen-bond acceptors (Lipinski definition) is 1. The lowest BCUT2D eigenvalue weighted by Crippen LogP contribution is -2.15. The van der Waals surface area contributed by atoms with Crippen molar-refractivity contribution in [3.8, 4) is 11.1 Å². The molecular weight excluding hydrogens is 268 g/mol. The van der Waals surface area contributed by atoms with Gasteiger partial charge in [-0.1, -0.05) is 38.1 Å². The molecule has 0 fully saturated rings. The Balaban J connectivity index is 2.03. The first kappa shape index (κ1) is 12.0. The van der Waals surface area contributed by atoms with Crippen LogP contribution in [0, 0.1) is 0 Å². The van der Waals surface area contributed by atoms with Crippen LogP contribution in [0.2, 0.25) is 0 Å². The Bertz CT molecular complexity index is 1050. The van der Waals surface area contributed by atoms with Crippen LogP contribution >= 0.6 is 0 Å². The fraction of sp³-hybridized carbons (Fsp3) is 0.150. The Hall–Kier alpha value is -2.61. The highest BCUT2D eigenvalue weighted by atomic mass is 14.7. The van der Waals surface area contributed by atoms with Crippen molar-refractivity contribution >= 4 is 21.8 Å². The third kappa shape index (κ3) is 1.28. The van der Waals surface area contributed by atoms with Crippen LogP contribution in [-0.4, -0.2) is 9.97 Å². The number of H-pyrrole nitrogens is 1. The number of para-hydroxylation sites is 1. The van der Waals surface area contributed by atoms with E-state index in [2.05, 4.69) is 66.3 Å². The second-order valence-electron chi connectivity index (χ2n) is 6.63. The molecule has 2 heteroatoms. The molecule has 2 heterocycles. The van der Waals surface area contributed by atoms with E-state index in [1.807, 2.05) is 12.4 Å². The number of pyridine rings is 1. The molecule has 5 rings (SSSR count). The highest BCUT2D eigenvalue weighted by Crippen LogP contribution is 2.51. The molecule has 0 radical (unpaired) electrons. The summed E-state index contributed by atoms with van der Waals surface area (Å²) in [6, 6.07) is 15.2. The number of hydrogen-bond donors (Lipinski definition) is 1. The average molecular weight is 284 g/mol. The summed E-state index contributed by atoms with van der Waals surface area (Å²) in [5.74, 6) is 0. The summed E-state index contributed by atoms with van der Waals surface area (Å²) in [7, 11) is 0. The molecular formula is C20H16N2. The van der Waals surface area contributed by atoms with E-state index >= 15 is 0 Å². The number of benzene rings is 2. The Morgan fingerprint density at radius 1 is 0.909 bits per heavy atom. The summed E-state index contributed by atoms with van der Waals surface area (Å²) in [4.78, 5) is 7.91. The van der Waals surface area contributed by atoms with Crippen molar-refractivity contribution in [3.05, 3.63) is 66.0 Å². The summed E-state index contributed by atoms with van der Waals surface area (Å²) >= 11 is 0. The minimum absolute atomic E-state index is 0.0244. The minimum atomic E-state index is -0.0244. The molecule has 1 aliphatic carbocycles. The fourth-order valence-electron chi connectivity index (χ4n) is 4.08. The summed E-state index contributed by atoms with van der Waals surface area (Å²) in [6.45, 7) is 4.61. The predicted molar refractivity (Wildman–Crippen MR) is 91.2 cm³/mol. The molecule has 2 aromatic heterocycles. The number of aromatic nitrogens is 2. The van der Waals surface area contributed by atoms with E-state index in [9.17, 15) is 0 Å². The van der Waals surface area contributed by atoms with Crippen LogP contribution in [0.1, 0.15) is 25.0 Å². The number of aromatic amines is 1. The maximum absolute atomic E-state index is 4.36. The maximum atomic E-state index is 4.36. The lowest BCUT2D eigenvalue weighted by molar-refractivity contribution is 0.663. The van der Waals surface area contributed by atoms with Crippen molar-refractivity contribution in [1.82, 2.24) is 9.97 Å². The third-order valence-corrected chi connectivity index (χ3v) is 5.08. The Morgan fingerprint density at radius 2 is 1.77 bits per heavy atom. The molecule has 2 aromatic carbocycles. The fourth-order valence-corrected chi connectivity index (χ4v) is 4.08. The SMILES string of the molecule is CC1(C)c2cnccc2-c2ccc3[nH]c4ccccc4c3c21. The van der Waals surface area contributed by atoms with Crippen LogP contribution in [0.15, 0.2) is 54.9 Å². The Kier molecular flexibility index (Phi) is 2.06. The first-order valence-corrected chi connectivity index (χ1v) is 7.67. The quantitative estimate of drug-likeness (QED) is 0.482. The summed E-state index contributed by atoms with van der Waals surface area (Å²) in [5, 5.41) is 2.66. The topological polar surface area (TPSA) is 28.7 Å².